The molecule has 1 aliphatic rings. The molecule has 0 saturated carbocycles. The van der Waals surface area contributed by atoms with Crippen LogP contribution >= 0.6 is 25.3 Å². The smallest absolute Gasteiger partial charge is 0.140 e. The minimum absolute atomic E-state index is 0.198. The monoisotopic (exact) mass is 423 g/mol. The highest BCUT2D eigenvalue weighted by Crippen LogP contribution is 2.43. The zero-order valence-electron chi connectivity index (χ0n) is 17.1. The second kappa shape index (κ2) is 7.41. The van der Waals surface area contributed by atoms with Gasteiger partial charge in [0, 0.05) is 47.4 Å². The topological polar surface area (TPSA) is 46.0 Å². The molecule has 5 nitrogen and oxygen atoms in total. The molecule has 0 bridgehead atoms. The van der Waals surface area contributed by atoms with Gasteiger partial charge in [0.25, 0.3) is 0 Å². The van der Waals surface area contributed by atoms with Crippen molar-refractivity contribution in [2.24, 2.45) is 7.05 Å². The fourth-order valence-corrected chi connectivity index (χ4v) is 4.86. The molecule has 1 aromatic carbocycles. The van der Waals surface area contributed by atoms with Crippen molar-refractivity contribution in [1.82, 2.24) is 19.7 Å². The van der Waals surface area contributed by atoms with Crippen LogP contribution in [0.5, 0.6) is 0 Å². The largest absolute Gasteiger partial charge is 0.343 e. The Kier molecular flexibility index (Phi) is 5.21. The summed E-state index contributed by atoms with van der Waals surface area (Å²) in [6, 6.07) is 8.41. The van der Waals surface area contributed by atoms with Crippen LogP contribution in [-0.4, -0.2) is 43.7 Å². The number of aromatic nitrogens is 3. The van der Waals surface area contributed by atoms with E-state index < -0.39 is 0 Å². The van der Waals surface area contributed by atoms with Gasteiger partial charge in [-0.3, -0.25) is 9.58 Å². The predicted octanol–water partition coefficient (Wildman–Crippen LogP) is 3.52. The number of benzene rings is 1. The first kappa shape index (κ1) is 20.4. The summed E-state index contributed by atoms with van der Waals surface area (Å²) < 4.78 is 1.61. The SMILES string of the molecule is BC1(S)CCC(C)(S)N1CC(=C)Nc1cc2cc(-c3cnn(C)c3)ccc2cn1. The third kappa shape index (κ3) is 4.20. The molecule has 3 heterocycles. The second-order valence-corrected chi connectivity index (χ2v) is 10.2. The number of thiol groups is 2. The van der Waals surface area contributed by atoms with Gasteiger partial charge in [-0.1, -0.05) is 18.7 Å². The number of aryl methyl sites for hydroxylation is 1. The maximum atomic E-state index is 4.84. The molecule has 1 saturated heterocycles. The maximum Gasteiger partial charge on any atom is 0.140 e. The van der Waals surface area contributed by atoms with Gasteiger partial charge in [-0.05, 0) is 42.8 Å². The first-order valence-electron chi connectivity index (χ1n) is 9.70. The van der Waals surface area contributed by atoms with Crippen LogP contribution in [0.3, 0.4) is 0 Å². The van der Waals surface area contributed by atoms with E-state index in [1.807, 2.05) is 30.3 Å². The number of likely N-dealkylation sites (tertiary alicyclic amines) is 1. The number of hydrogen-bond acceptors (Lipinski definition) is 6. The Morgan fingerprint density at radius 1 is 1.21 bits per heavy atom. The van der Waals surface area contributed by atoms with E-state index in [1.165, 1.54) is 0 Å². The van der Waals surface area contributed by atoms with Crippen molar-refractivity contribution in [3.05, 3.63) is 55.1 Å². The number of rotatable bonds is 5. The number of pyridine rings is 1. The molecular weight excluding hydrogens is 397 g/mol. The van der Waals surface area contributed by atoms with Crippen molar-refractivity contribution in [3.63, 3.8) is 0 Å². The summed E-state index contributed by atoms with van der Waals surface area (Å²) in [5, 5.41) is 9.85. The van der Waals surface area contributed by atoms with Gasteiger partial charge in [0.15, 0.2) is 0 Å². The van der Waals surface area contributed by atoms with Crippen molar-refractivity contribution in [3.8, 4) is 11.1 Å². The van der Waals surface area contributed by atoms with Crippen LogP contribution in [0.25, 0.3) is 21.9 Å². The molecule has 0 spiro atoms. The average molecular weight is 423 g/mol. The maximum absolute atomic E-state index is 4.84. The lowest BCUT2D eigenvalue weighted by atomic mass is 9.92. The van der Waals surface area contributed by atoms with E-state index in [0.717, 1.165) is 46.3 Å². The number of hydrogen-bond donors (Lipinski definition) is 3. The molecule has 1 fully saturated rings. The van der Waals surface area contributed by atoms with Crippen LogP contribution in [0, 0.1) is 0 Å². The van der Waals surface area contributed by atoms with E-state index in [0.29, 0.717) is 6.54 Å². The predicted molar refractivity (Wildman–Crippen MR) is 130 cm³/mol. The van der Waals surface area contributed by atoms with Crippen molar-refractivity contribution in [1.29, 1.82) is 0 Å². The molecule has 1 N–H and O–H groups in total. The van der Waals surface area contributed by atoms with E-state index in [4.69, 9.17) is 25.3 Å². The molecule has 2 unspecified atom stereocenters. The third-order valence-corrected chi connectivity index (χ3v) is 6.58. The molecule has 3 aromatic rings. The number of fused-ring (bicyclic) bond motifs is 1. The standard InChI is InChI=1S/C21H26BN5S2/c1-14(12-27-20(2,28)6-7-21(27,22)29)25-19-9-17-8-15(4-5-16(17)10-23-19)18-11-24-26(3)13-18/h4-5,8-11,13,28-29H,1,6-7,12,22H2,2-3H3,(H,23,25). The molecule has 8 heteroatoms. The zero-order valence-corrected chi connectivity index (χ0v) is 18.8. The summed E-state index contributed by atoms with van der Waals surface area (Å²) in [5.74, 6) is 0.784. The van der Waals surface area contributed by atoms with E-state index >= 15 is 0 Å². The summed E-state index contributed by atoms with van der Waals surface area (Å²) >= 11 is 9.68. The highest BCUT2D eigenvalue weighted by atomic mass is 32.1. The number of nitrogens with one attached hydrogen (secondary N) is 1. The van der Waals surface area contributed by atoms with Gasteiger partial charge < -0.3 is 5.32 Å². The van der Waals surface area contributed by atoms with Gasteiger partial charge in [0.2, 0.25) is 0 Å². The highest BCUT2D eigenvalue weighted by molar-refractivity contribution is 7.83. The average Bonchev–Trinajstić information content (AvgIpc) is 3.18. The summed E-state index contributed by atoms with van der Waals surface area (Å²) in [6.45, 7) is 7.02. The fraction of sp³-hybridized carbons (Fsp3) is 0.333. The van der Waals surface area contributed by atoms with Crippen molar-refractivity contribution < 1.29 is 0 Å². The van der Waals surface area contributed by atoms with Crippen molar-refractivity contribution in [2.75, 3.05) is 11.9 Å². The second-order valence-electron chi connectivity index (χ2n) is 8.28. The zero-order chi connectivity index (χ0) is 20.8. The first-order valence-corrected chi connectivity index (χ1v) is 10.6. The lowest BCUT2D eigenvalue weighted by Gasteiger charge is -2.39. The molecule has 150 valence electrons. The van der Waals surface area contributed by atoms with Gasteiger partial charge in [-0.15, -0.1) is 0 Å². The van der Waals surface area contributed by atoms with Gasteiger partial charge in [-0.25, -0.2) is 4.98 Å². The van der Waals surface area contributed by atoms with E-state index in [2.05, 4.69) is 65.9 Å². The van der Waals surface area contributed by atoms with Crippen LogP contribution in [-0.2, 0) is 7.05 Å². The third-order valence-electron chi connectivity index (χ3n) is 5.65. The van der Waals surface area contributed by atoms with Gasteiger partial charge in [0.05, 0.1) is 11.1 Å². The Morgan fingerprint density at radius 2 is 2.00 bits per heavy atom. The summed E-state index contributed by atoms with van der Waals surface area (Å²) in [7, 11) is 4.06. The summed E-state index contributed by atoms with van der Waals surface area (Å²) in [6.07, 6.45) is 7.77. The minimum Gasteiger partial charge on any atom is -0.343 e. The first-order chi connectivity index (χ1) is 13.6. The minimum atomic E-state index is -0.198. The summed E-state index contributed by atoms with van der Waals surface area (Å²) in [4.78, 5) is 6.64. The van der Waals surface area contributed by atoms with Crippen LogP contribution < -0.4 is 5.32 Å². The molecule has 0 aliphatic carbocycles. The Balaban J connectivity index is 1.54. The Labute approximate surface area is 183 Å². The van der Waals surface area contributed by atoms with Crippen LogP contribution in [0.15, 0.2) is 55.1 Å². The van der Waals surface area contributed by atoms with Crippen molar-refractivity contribution >= 4 is 49.7 Å². The molecule has 0 radical (unpaired) electrons. The molecule has 1 aliphatic heterocycles. The Hall–Kier alpha value is -1.90. The van der Waals surface area contributed by atoms with Crippen LogP contribution in [0.4, 0.5) is 5.82 Å². The van der Waals surface area contributed by atoms with Gasteiger partial charge in [-0.2, -0.15) is 30.4 Å². The molecule has 29 heavy (non-hydrogen) atoms. The lowest BCUT2D eigenvalue weighted by Crippen LogP contribution is -2.49. The number of anilines is 1. The van der Waals surface area contributed by atoms with Gasteiger partial charge >= 0.3 is 0 Å². The van der Waals surface area contributed by atoms with E-state index in [1.54, 1.807) is 0 Å². The normalized spacial score (nSPS) is 24.8. The molecular formula is C21H26BN5S2. The van der Waals surface area contributed by atoms with E-state index in [-0.39, 0.29) is 9.64 Å². The highest BCUT2D eigenvalue weighted by Gasteiger charge is 2.45. The molecule has 2 atom stereocenters. The van der Waals surface area contributed by atoms with Crippen LogP contribution in [0.2, 0.25) is 0 Å². The number of nitrogens with zero attached hydrogens (tertiary/aromatic N) is 4. The Bertz CT molecular complexity index is 1060. The Morgan fingerprint density at radius 3 is 2.66 bits per heavy atom. The van der Waals surface area contributed by atoms with E-state index in [9.17, 15) is 0 Å². The van der Waals surface area contributed by atoms with Crippen molar-refractivity contribution in [2.45, 2.75) is 29.4 Å². The summed E-state index contributed by atoms with van der Waals surface area (Å²) in [5.41, 5.74) is 3.11. The quantitative estimate of drug-likeness (QED) is 0.434. The fourth-order valence-electron chi connectivity index (χ4n) is 3.97. The lowest BCUT2D eigenvalue weighted by molar-refractivity contribution is 0.228. The molecule has 4 rings (SSSR count). The van der Waals surface area contributed by atoms with Crippen LogP contribution in [0.1, 0.15) is 19.8 Å². The molecule has 2 aromatic heterocycles. The molecule has 0 amide bonds. The van der Waals surface area contributed by atoms with Gasteiger partial charge in [0.1, 0.15) is 13.7 Å².